The molecule has 0 aromatic rings. The number of fused-ring (bicyclic) bond motifs is 2. The highest BCUT2D eigenvalue weighted by Crippen LogP contribution is 2.49. The van der Waals surface area contributed by atoms with Crippen molar-refractivity contribution in [1.82, 2.24) is 0 Å². The van der Waals surface area contributed by atoms with E-state index in [4.69, 9.17) is 4.74 Å². The van der Waals surface area contributed by atoms with Crippen molar-refractivity contribution >= 4 is 6.29 Å². The molecule has 2 aliphatic carbocycles. The summed E-state index contributed by atoms with van der Waals surface area (Å²) in [4.78, 5) is 11.1. The summed E-state index contributed by atoms with van der Waals surface area (Å²) in [6.07, 6.45) is 11.6. The zero-order chi connectivity index (χ0) is 12.1. The monoisotopic (exact) mass is 238 g/mol. The van der Waals surface area contributed by atoms with Crippen molar-refractivity contribution in [1.29, 1.82) is 0 Å². The fraction of sp³-hybridized carbons (Fsp3) is 0.933. The van der Waals surface area contributed by atoms with Crippen LogP contribution in [0.5, 0.6) is 0 Å². The fourth-order valence-electron chi connectivity index (χ4n) is 3.64. The molecule has 2 aliphatic rings. The fourth-order valence-corrected chi connectivity index (χ4v) is 3.64. The summed E-state index contributed by atoms with van der Waals surface area (Å²) in [6, 6.07) is 0. The van der Waals surface area contributed by atoms with Gasteiger partial charge in [-0.15, -0.1) is 0 Å². The van der Waals surface area contributed by atoms with Gasteiger partial charge in [-0.25, -0.2) is 0 Å². The molecule has 2 nitrogen and oxygen atoms in total. The van der Waals surface area contributed by atoms with Crippen molar-refractivity contribution in [3.8, 4) is 0 Å². The molecule has 2 heteroatoms. The number of rotatable bonds is 8. The molecule has 2 saturated carbocycles. The molecule has 0 N–H and O–H groups in total. The summed E-state index contributed by atoms with van der Waals surface area (Å²) in [5, 5.41) is 0. The first-order valence-corrected chi connectivity index (χ1v) is 7.43. The van der Waals surface area contributed by atoms with Gasteiger partial charge in [0.1, 0.15) is 6.29 Å². The number of ether oxygens (including phenoxy) is 1. The Morgan fingerprint density at radius 3 is 2.65 bits per heavy atom. The van der Waals surface area contributed by atoms with Gasteiger partial charge in [-0.05, 0) is 37.5 Å². The maximum absolute atomic E-state index is 11.1. The highest BCUT2D eigenvalue weighted by Gasteiger charge is 2.48. The van der Waals surface area contributed by atoms with E-state index >= 15 is 0 Å². The molecule has 2 fully saturated rings. The van der Waals surface area contributed by atoms with E-state index in [2.05, 4.69) is 6.92 Å². The highest BCUT2D eigenvalue weighted by molar-refractivity contribution is 5.56. The maximum atomic E-state index is 11.1. The first kappa shape index (κ1) is 13.1. The molecule has 0 saturated heterocycles. The average Bonchev–Trinajstić information content (AvgIpc) is 2.93. The van der Waals surface area contributed by atoms with E-state index in [-0.39, 0.29) is 12.0 Å². The lowest BCUT2D eigenvalue weighted by atomic mass is 9.87. The SMILES string of the molecule is CCCCCCCO[C@@H]1[C@@H]2CC[C@@H](C2)[C@@H]1C=O. The standard InChI is InChI=1S/C15H26O2/c1-2-3-4-5-6-9-17-15-13-8-7-12(10-13)14(15)11-16/h11-15H,2-10H2,1H3/t12-,13+,14-,15+/m0/s1. The van der Waals surface area contributed by atoms with Crippen LogP contribution in [0.1, 0.15) is 58.3 Å². The van der Waals surface area contributed by atoms with Crippen molar-refractivity contribution < 1.29 is 9.53 Å². The van der Waals surface area contributed by atoms with Crippen LogP contribution in [0.3, 0.4) is 0 Å². The second-order valence-electron chi connectivity index (χ2n) is 5.80. The molecule has 0 unspecified atom stereocenters. The van der Waals surface area contributed by atoms with E-state index in [0.29, 0.717) is 11.8 Å². The second-order valence-corrected chi connectivity index (χ2v) is 5.80. The van der Waals surface area contributed by atoms with E-state index in [0.717, 1.165) is 12.9 Å². The Labute approximate surface area is 105 Å². The molecule has 0 amide bonds. The van der Waals surface area contributed by atoms with Gasteiger partial charge in [-0.3, -0.25) is 0 Å². The minimum Gasteiger partial charge on any atom is -0.377 e. The molecule has 98 valence electrons. The lowest BCUT2D eigenvalue weighted by Gasteiger charge is -2.27. The molecular weight excluding hydrogens is 212 g/mol. The van der Waals surface area contributed by atoms with E-state index < -0.39 is 0 Å². The smallest absolute Gasteiger partial charge is 0.125 e. The van der Waals surface area contributed by atoms with E-state index in [1.54, 1.807) is 0 Å². The molecule has 0 aliphatic heterocycles. The third-order valence-electron chi connectivity index (χ3n) is 4.62. The van der Waals surface area contributed by atoms with Gasteiger partial charge in [0, 0.05) is 12.5 Å². The zero-order valence-electron chi connectivity index (χ0n) is 11.1. The highest BCUT2D eigenvalue weighted by atomic mass is 16.5. The Morgan fingerprint density at radius 1 is 1.12 bits per heavy atom. The molecule has 17 heavy (non-hydrogen) atoms. The van der Waals surface area contributed by atoms with Crippen molar-refractivity contribution in [2.24, 2.45) is 17.8 Å². The van der Waals surface area contributed by atoms with Crippen molar-refractivity contribution in [2.45, 2.75) is 64.4 Å². The second kappa shape index (κ2) is 6.53. The summed E-state index contributed by atoms with van der Waals surface area (Å²) in [7, 11) is 0. The number of aldehydes is 1. The molecule has 0 radical (unpaired) electrons. The normalized spacial score (nSPS) is 35.4. The average molecular weight is 238 g/mol. The molecule has 0 spiro atoms. The molecule has 0 aromatic heterocycles. The van der Waals surface area contributed by atoms with Crippen LogP contribution < -0.4 is 0 Å². The van der Waals surface area contributed by atoms with Gasteiger partial charge >= 0.3 is 0 Å². The van der Waals surface area contributed by atoms with Crippen molar-refractivity contribution in [3.05, 3.63) is 0 Å². The molecule has 2 bridgehead atoms. The molecule has 0 aromatic carbocycles. The molecule has 2 rings (SSSR count). The van der Waals surface area contributed by atoms with Gasteiger partial charge < -0.3 is 9.53 Å². The Kier molecular flexibility index (Phi) is 5.02. The predicted octanol–water partition coefficient (Wildman–Crippen LogP) is 3.59. The third-order valence-corrected chi connectivity index (χ3v) is 4.62. The van der Waals surface area contributed by atoms with Crippen molar-refractivity contribution in [3.63, 3.8) is 0 Å². The quantitative estimate of drug-likeness (QED) is 0.477. The lowest BCUT2D eigenvalue weighted by Crippen LogP contribution is -2.31. The van der Waals surface area contributed by atoms with Crippen molar-refractivity contribution in [2.75, 3.05) is 6.61 Å². The summed E-state index contributed by atoms with van der Waals surface area (Å²) in [6.45, 7) is 3.10. The van der Waals surface area contributed by atoms with Crippen LogP contribution in [0, 0.1) is 17.8 Å². The Hall–Kier alpha value is -0.370. The number of carbonyl (C=O) groups excluding carboxylic acids is 1. The third kappa shape index (κ3) is 3.09. The Morgan fingerprint density at radius 2 is 1.88 bits per heavy atom. The number of unbranched alkanes of at least 4 members (excludes halogenated alkanes) is 4. The van der Waals surface area contributed by atoms with E-state index in [1.807, 2.05) is 0 Å². The number of hydrogen-bond donors (Lipinski definition) is 0. The first-order chi connectivity index (χ1) is 8.36. The summed E-state index contributed by atoms with van der Waals surface area (Å²) >= 11 is 0. The van der Waals surface area contributed by atoms with Crippen LogP contribution in [0.25, 0.3) is 0 Å². The van der Waals surface area contributed by atoms with Gasteiger partial charge in [-0.1, -0.05) is 32.6 Å². The summed E-state index contributed by atoms with van der Waals surface area (Å²) in [5.41, 5.74) is 0. The predicted molar refractivity (Wildman–Crippen MR) is 68.9 cm³/mol. The van der Waals surface area contributed by atoms with E-state index in [1.165, 1.54) is 51.4 Å². The Bertz CT molecular complexity index is 239. The van der Waals surface area contributed by atoms with Gasteiger partial charge in [0.2, 0.25) is 0 Å². The molecular formula is C15H26O2. The topological polar surface area (TPSA) is 26.3 Å². The van der Waals surface area contributed by atoms with Crippen LogP contribution in [-0.4, -0.2) is 19.0 Å². The number of hydrogen-bond acceptors (Lipinski definition) is 2. The van der Waals surface area contributed by atoms with Gasteiger partial charge in [-0.2, -0.15) is 0 Å². The molecule has 0 heterocycles. The van der Waals surface area contributed by atoms with Gasteiger partial charge in [0.15, 0.2) is 0 Å². The summed E-state index contributed by atoms with van der Waals surface area (Å²) < 4.78 is 5.99. The maximum Gasteiger partial charge on any atom is 0.125 e. The van der Waals surface area contributed by atoms with Crippen LogP contribution in [-0.2, 0) is 9.53 Å². The van der Waals surface area contributed by atoms with Crippen LogP contribution in [0.2, 0.25) is 0 Å². The van der Waals surface area contributed by atoms with E-state index in [9.17, 15) is 4.79 Å². The molecule has 4 atom stereocenters. The number of carbonyl (C=O) groups is 1. The van der Waals surface area contributed by atoms with Gasteiger partial charge in [0.25, 0.3) is 0 Å². The van der Waals surface area contributed by atoms with Crippen LogP contribution in [0.4, 0.5) is 0 Å². The minimum atomic E-state index is 0.212. The zero-order valence-corrected chi connectivity index (χ0v) is 11.1. The lowest BCUT2D eigenvalue weighted by molar-refractivity contribution is -0.118. The largest absolute Gasteiger partial charge is 0.377 e. The van der Waals surface area contributed by atoms with Crippen LogP contribution >= 0.6 is 0 Å². The van der Waals surface area contributed by atoms with Gasteiger partial charge in [0.05, 0.1) is 6.10 Å². The van der Waals surface area contributed by atoms with Crippen LogP contribution in [0.15, 0.2) is 0 Å². The Balaban J connectivity index is 1.63. The minimum absolute atomic E-state index is 0.212. The first-order valence-electron chi connectivity index (χ1n) is 7.43. The summed E-state index contributed by atoms with van der Waals surface area (Å²) in [5.74, 6) is 1.54.